The van der Waals surface area contributed by atoms with Crippen LogP contribution < -0.4 is 5.73 Å². The molecule has 0 bridgehead atoms. The summed E-state index contributed by atoms with van der Waals surface area (Å²) in [7, 11) is 0. The number of nitrogens with two attached hydrogens (primary N) is 1. The minimum Gasteiger partial charge on any atom is -0.325 e. The highest BCUT2D eigenvalue weighted by atomic mass is 35.5. The molecule has 0 saturated heterocycles. The number of benzene rings is 1. The highest BCUT2D eigenvalue weighted by Crippen LogP contribution is 2.32. The van der Waals surface area contributed by atoms with E-state index in [1.54, 1.807) is 0 Å². The van der Waals surface area contributed by atoms with E-state index < -0.39 is 11.4 Å². The van der Waals surface area contributed by atoms with Crippen LogP contribution in [0.25, 0.3) is 0 Å². The number of hydrogen-bond acceptors (Lipinski definition) is 2. The maximum Gasteiger partial charge on any atom is 0.166 e. The maximum atomic E-state index is 13.1. The van der Waals surface area contributed by atoms with Gasteiger partial charge < -0.3 is 5.73 Å². The molecule has 1 aliphatic carbocycles. The van der Waals surface area contributed by atoms with E-state index in [1.807, 2.05) is 0 Å². The van der Waals surface area contributed by atoms with E-state index in [2.05, 4.69) is 0 Å². The van der Waals surface area contributed by atoms with Crippen LogP contribution in [-0.4, -0.2) is 11.3 Å². The van der Waals surface area contributed by atoms with E-state index in [1.165, 1.54) is 18.2 Å². The SMILES string of the molecule is NC1(CC(=O)c2cc(F)ccc2Cl)CCCC1. The topological polar surface area (TPSA) is 43.1 Å². The largest absolute Gasteiger partial charge is 0.325 e. The molecule has 2 rings (SSSR count). The first-order valence-electron chi connectivity index (χ1n) is 5.77. The zero-order chi connectivity index (χ0) is 12.5. The molecule has 0 unspecified atom stereocenters. The van der Waals surface area contributed by atoms with Gasteiger partial charge >= 0.3 is 0 Å². The van der Waals surface area contributed by atoms with Gasteiger partial charge in [-0.15, -0.1) is 0 Å². The number of ketones is 1. The van der Waals surface area contributed by atoms with E-state index in [-0.39, 0.29) is 22.8 Å². The van der Waals surface area contributed by atoms with Crippen molar-refractivity contribution in [3.8, 4) is 0 Å². The summed E-state index contributed by atoms with van der Waals surface area (Å²) < 4.78 is 13.1. The summed E-state index contributed by atoms with van der Waals surface area (Å²) in [5, 5.41) is 0.290. The lowest BCUT2D eigenvalue weighted by Crippen LogP contribution is -2.38. The van der Waals surface area contributed by atoms with E-state index in [0.29, 0.717) is 0 Å². The Bertz CT molecular complexity index is 441. The predicted octanol–water partition coefficient (Wildman–Crippen LogP) is 3.32. The molecule has 0 aliphatic heterocycles. The zero-order valence-corrected chi connectivity index (χ0v) is 10.3. The molecule has 0 spiro atoms. The van der Waals surface area contributed by atoms with Gasteiger partial charge in [0.2, 0.25) is 0 Å². The van der Waals surface area contributed by atoms with E-state index in [9.17, 15) is 9.18 Å². The maximum absolute atomic E-state index is 13.1. The summed E-state index contributed by atoms with van der Waals surface area (Å²) in [6.07, 6.45) is 4.06. The molecule has 1 aliphatic rings. The van der Waals surface area contributed by atoms with Crippen LogP contribution in [0, 0.1) is 5.82 Å². The van der Waals surface area contributed by atoms with Gasteiger partial charge in [0.1, 0.15) is 5.82 Å². The first-order chi connectivity index (χ1) is 8.00. The van der Waals surface area contributed by atoms with Crippen LogP contribution in [0.5, 0.6) is 0 Å². The Hall–Kier alpha value is -0.930. The van der Waals surface area contributed by atoms with Crippen LogP contribution in [-0.2, 0) is 0 Å². The van der Waals surface area contributed by atoms with Gasteiger partial charge in [-0.3, -0.25) is 4.79 Å². The molecule has 2 nitrogen and oxygen atoms in total. The third-order valence-corrected chi connectivity index (χ3v) is 3.67. The van der Waals surface area contributed by atoms with Crippen molar-refractivity contribution in [2.75, 3.05) is 0 Å². The molecule has 0 heterocycles. The van der Waals surface area contributed by atoms with E-state index >= 15 is 0 Å². The van der Waals surface area contributed by atoms with Crippen LogP contribution in [0.2, 0.25) is 5.02 Å². The molecular formula is C13H15ClFNO. The summed E-state index contributed by atoms with van der Waals surface area (Å²) in [6.45, 7) is 0. The minimum absolute atomic E-state index is 0.168. The van der Waals surface area contributed by atoms with Gasteiger partial charge in [-0.2, -0.15) is 0 Å². The van der Waals surface area contributed by atoms with Crippen molar-refractivity contribution >= 4 is 17.4 Å². The van der Waals surface area contributed by atoms with Crippen LogP contribution in [0.1, 0.15) is 42.5 Å². The van der Waals surface area contributed by atoms with Crippen LogP contribution in [0.3, 0.4) is 0 Å². The van der Waals surface area contributed by atoms with Crippen LogP contribution in [0.4, 0.5) is 4.39 Å². The minimum atomic E-state index is -0.449. The fourth-order valence-electron chi connectivity index (χ4n) is 2.38. The van der Waals surface area contributed by atoms with Gasteiger partial charge in [-0.05, 0) is 31.0 Å². The van der Waals surface area contributed by atoms with Crippen molar-refractivity contribution in [2.45, 2.75) is 37.6 Å². The van der Waals surface area contributed by atoms with E-state index in [4.69, 9.17) is 17.3 Å². The summed E-state index contributed by atoms with van der Waals surface area (Å²) in [5.74, 6) is -0.617. The summed E-state index contributed by atoms with van der Waals surface area (Å²) in [4.78, 5) is 12.0. The first-order valence-corrected chi connectivity index (χ1v) is 6.15. The van der Waals surface area contributed by atoms with Crippen molar-refractivity contribution in [1.29, 1.82) is 0 Å². The smallest absolute Gasteiger partial charge is 0.166 e. The number of rotatable bonds is 3. The lowest BCUT2D eigenvalue weighted by atomic mass is 9.90. The Balaban J connectivity index is 2.17. The fourth-order valence-corrected chi connectivity index (χ4v) is 2.61. The fraction of sp³-hybridized carbons (Fsp3) is 0.462. The molecule has 1 saturated carbocycles. The third-order valence-electron chi connectivity index (χ3n) is 3.34. The molecule has 0 radical (unpaired) electrons. The van der Waals surface area contributed by atoms with Crippen molar-refractivity contribution in [2.24, 2.45) is 5.73 Å². The lowest BCUT2D eigenvalue weighted by Gasteiger charge is -2.22. The average molecular weight is 256 g/mol. The Labute approximate surface area is 105 Å². The van der Waals surface area contributed by atoms with Crippen LogP contribution in [0.15, 0.2) is 18.2 Å². The van der Waals surface area contributed by atoms with Crippen molar-refractivity contribution in [3.05, 3.63) is 34.6 Å². The van der Waals surface area contributed by atoms with Gasteiger partial charge in [0.05, 0.1) is 5.02 Å². The van der Waals surface area contributed by atoms with E-state index in [0.717, 1.165) is 25.7 Å². The van der Waals surface area contributed by atoms with Crippen LogP contribution >= 0.6 is 11.6 Å². The third kappa shape index (κ3) is 2.85. The van der Waals surface area contributed by atoms with Gasteiger partial charge in [-0.1, -0.05) is 24.4 Å². The zero-order valence-electron chi connectivity index (χ0n) is 9.51. The van der Waals surface area contributed by atoms with Gasteiger partial charge in [0, 0.05) is 17.5 Å². The number of halogens is 2. The number of Topliss-reactive ketones (excluding diaryl/α,β-unsaturated/α-hetero) is 1. The normalized spacial score (nSPS) is 18.3. The quantitative estimate of drug-likeness (QED) is 0.842. The molecule has 1 fully saturated rings. The summed E-state index contributed by atoms with van der Waals surface area (Å²) in [5.41, 5.74) is 5.94. The Morgan fingerprint density at radius 3 is 2.71 bits per heavy atom. The molecule has 0 aromatic heterocycles. The van der Waals surface area contributed by atoms with Crippen molar-refractivity contribution in [3.63, 3.8) is 0 Å². The second-order valence-corrected chi connectivity index (χ2v) is 5.20. The predicted molar refractivity (Wildman–Crippen MR) is 65.7 cm³/mol. The lowest BCUT2D eigenvalue weighted by molar-refractivity contribution is 0.0952. The molecule has 0 atom stereocenters. The Morgan fingerprint density at radius 2 is 2.06 bits per heavy atom. The Kier molecular flexibility index (Phi) is 3.50. The Morgan fingerprint density at radius 1 is 1.41 bits per heavy atom. The first kappa shape index (κ1) is 12.5. The molecule has 17 heavy (non-hydrogen) atoms. The molecule has 2 N–H and O–H groups in total. The van der Waals surface area contributed by atoms with Crippen molar-refractivity contribution < 1.29 is 9.18 Å². The number of carbonyl (C=O) groups excluding carboxylic acids is 1. The second-order valence-electron chi connectivity index (χ2n) is 4.79. The average Bonchev–Trinajstić information content (AvgIpc) is 2.68. The molecule has 1 aromatic rings. The number of carbonyl (C=O) groups is 1. The van der Waals surface area contributed by atoms with Crippen molar-refractivity contribution in [1.82, 2.24) is 0 Å². The highest BCUT2D eigenvalue weighted by Gasteiger charge is 2.32. The standard InChI is InChI=1S/C13H15ClFNO/c14-11-4-3-9(15)7-10(11)12(17)8-13(16)5-1-2-6-13/h3-4,7H,1-2,5-6,8,16H2. The highest BCUT2D eigenvalue weighted by molar-refractivity contribution is 6.34. The molecule has 1 aromatic carbocycles. The van der Waals surface area contributed by atoms with Gasteiger partial charge in [-0.25, -0.2) is 4.39 Å². The molecular weight excluding hydrogens is 241 g/mol. The molecule has 0 amide bonds. The summed E-state index contributed by atoms with van der Waals surface area (Å²) in [6, 6.07) is 3.83. The molecule has 92 valence electrons. The molecule has 4 heteroatoms. The second kappa shape index (κ2) is 4.75. The van der Waals surface area contributed by atoms with Gasteiger partial charge in [0.25, 0.3) is 0 Å². The monoisotopic (exact) mass is 255 g/mol. The van der Waals surface area contributed by atoms with Gasteiger partial charge in [0.15, 0.2) is 5.78 Å². The summed E-state index contributed by atoms with van der Waals surface area (Å²) >= 11 is 5.89. The number of hydrogen-bond donors (Lipinski definition) is 1.